The standard InChI is InChI=1S/C20H19FN6O6S2/c1-10-3-6-14(16(7-10)34(28,29)30)25-26-15-9-17(35(31,32)33)19(23)20(18(15)22)27-24-12-5-4-11(2)13(21)8-12/h3-9H,22-23H2,1-2H3,(H,28,29,30)(H,31,32,33). The zero-order chi connectivity index (χ0) is 26.1. The Balaban J connectivity index is 2.18. The molecule has 0 amide bonds. The Hall–Kier alpha value is -3.79. The lowest BCUT2D eigenvalue weighted by atomic mass is 10.2. The Labute approximate surface area is 199 Å². The summed E-state index contributed by atoms with van der Waals surface area (Å²) in [6.45, 7) is 3.13. The normalized spacial score (nSPS) is 12.6. The second kappa shape index (κ2) is 9.46. The van der Waals surface area contributed by atoms with Gasteiger partial charge >= 0.3 is 0 Å². The smallest absolute Gasteiger partial charge is 0.296 e. The fourth-order valence-corrected chi connectivity index (χ4v) is 4.18. The van der Waals surface area contributed by atoms with Gasteiger partial charge in [-0.05, 0) is 49.2 Å². The highest BCUT2D eigenvalue weighted by molar-refractivity contribution is 7.86. The zero-order valence-corrected chi connectivity index (χ0v) is 19.8. The lowest BCUT2D eigenvalue weighted by Crippen LogP contribution is -2.05. The molecule has 0 heterocycles. The molecule has 35 heavy (non-hydrogen) atoms. The summed E-state index contributed by atoms with van der Waals surface area (Å²) in [5.41, 5.74) is 10.8. The van der Waals surface area contributed by atoms with Gasteiger partial charge in [0, 0.05) is 6.07 Å². The molecular formula is C20H19FN6O6S2. The van der Waals surface area contributed by atoms with Gasteiger partial charge in [-0.25, -0.2) is 4.39 Å². The summed E-state index contributed by atoms with van der Waals surface area (Å²) in [4.78, 5) is -1.37. The van der Waals surface area contributed by atoms with Crippen LogP contribution >= 0.6 is 0 Å². The molecule has 0 spiro atoms. The number of nitrogens with zero attached hydrogens (tertiary/aromatic N) is 4. The van der Waals surface area contributed by atoms with Crippen molar-refractivity contribution >= 4 is 54.4 Å². The number of aryl methyl sites for hydroxylation is 2. The molecule has 0 unspecified atom stereocenters. The second-order valence-corrected chi connectivity index (χ2v) is 10.1. The summed E-state index contributed by atoms with van der Waals surface area (Å²) in [6, 6.07) is 8.67. The molecule has 0 saturated heterocycles. The van der Waals surface area contributed by atoms with Gasteiger partial charge in [0.1, 0.15) is 32.7 Å². The molecule has 0 fully saturated rings. The SMILES string of the molecule is Cc1ccc(N=Nc2cc(S(=O)(=O)O)c(N)c(N=Nc3ccc(C)c(F)c3)c2N)c(S(=O)(=O)O)c1. The van der Waals surface area contributed by atoms with Crippen LogP contribution in [0.25, 0.3) is 0 Å². The molecule has 0 bridgehead atoms. The molecule has 3 rings (SSSR count). The van der Waals surface area contributed by atoms with Gasteiger partial charge in [-0.15, -0.1) is 15.3 Å². The zero-order valence-electron chi connectivity index (χ0n) is 18.2. The maximum atomic E-state index is 13.8. The molecule has 3 aromatic rings. The van der Waals surface area contributed by atoms with Gasteiger partial charge in [0.05, 0.1) is 17.1 Å². The number of halogens is 1. The number of hydrogen-bond donors (Lipinski definition) is 4. The van der Waals surface area contributed by atoms with Crippen LogP contribution in [0.2, 0.25) is 0 Å². The summed E-state index contributed by atoms with van der Waals surface area (Å²) in [6.07, 6.45) is 0. The Kier molecular flexibility index (Phi) is 6.98. The van der Waals surface area contributed by atoms with Crippen molar-refractivity contribution in [2.45, 2.75) is 23.6 Å². The van der Waals surface area contributed by atoms with Gasteiger partial charge in [0.15, 0.2) is 0 Å². The highest BCUT2D eigenvalue weighted by Gasteiger charge is 2.23. The predicted octanol–water partition coefficient (Wildman–Crippen LogP) is 4.93. The predicted molar refractivity (Wildman–Crippen MR) is 126 cm³/mol. The molecule has 0 saturated carbocycles. The minimum absolute atomic E-state index is 0.0600. The van der Waals surface area contributed by atoms with Gasteiger partial charge < -0.3 is 11.5 Å². The maximum Gasteiger partial charge on any atom is 0.296 e. The number of nitrogen functional groups attached to an aromatic ring is 2. The van der Waals surface area contributed by atoms with Gasteiger partial charge in [-0.2, -0.15) is 21.9 Å². The van der Waals surface area contributed by atoms with E-state index in [1.807, 2.05) is 0 Å². The van der Waals surface area contributed by atoms with Crippen molar-refractivity contribution in [2.24, 2.45) is 20.5 Å². The molecule has 0 radical (unpaired) electrons. The minimum atomic E-state index is -4.89. The molecule has 184 valence electrons. The van der Waals surface area contributed by atoms with E-state index in [0.29, 0.717) is 11.1 Å². The topological polar surface area (TPSA) is 210 Å². The first-order valence-electron chi connectivity index (χ1n) is 9.55. The van der Waals surface area contributed by atoms with Crippen molar-refractivity contribution in [3.05, 3.63) is 59.4 Å². The summed E-state index contributed by atoms with van der Waals surface area (Å²) in [5, 5.41) is 15.1. The highest BCUT2D eigenvalue weighted by Crippen LogP contribution is 2.43. The Bertz CT molecular complexity index is 1600. The molecule has 12 nitrogen and oxygen atoms in total. The van der Waals surface area contributed by atoms with Crippen LogP contribution in [0.15, 0.2) is 72.7 Å². The molecule has 0 aliphatic heterocycles. The molecule has 0 aliphatic carbocycles. The third-order valence-electron chi connectivity index (χ3n) is 4.68. The van der Waals surface area contributed by atoms with E-state index in [9.17, 15) is 30.3 Å². The number of anilines is 2. The summed E-state index contributed by atoms with van der Waals surface area (Å²) in [5.74, 6) is -0.559. The lowest BCUT2D eigenvalue weighted by Gasteiger charge is -2.10. The maximum absolute atomic E-state index is 13.8. The quantitative estimate of drug-likeness (QED) is 0.197. The van der Waals surface area contributed by atoms with E-state index in [2.05, 4.69) is 20.5 Å². The molecular weight excluding hydrogens is 503 g/mol. The minimum Gasteiger partial charge on any atom is -0.396 e. The first-order valence-corrected chi connectivity index (χ1v) is 12.4. The van der Waals surface area contributed by atoms with E-state index in [0.717, 1.165) is 18.2 Å². The second-order valence-electron chi connectivity index (χ2n) is 7.32. The largest absolute Gasteiger partial charge is 0.396 e. The van der Waals surface area contributed by atoms with E-state index >= 15 is 0 Å². The van der Waals surface area contributed by atoms with Crippen LogP contribution in [0.4, 0.5) is 38.5 Å². The van der Waals surface area contributed by atoms with E-state index in [4.69, 9.17) is 11.5 Å². The Morgan fingerprint density at radius 1 is 0.743 bits per heavy atom. The number of azo groups is 2. The average Bonchev–Trinajstić information content (AvgIpc) is 2.74. The van der Waals surface area contributed by atoms with Crippen LogP contribution in [-0.4, -0.2) is 25.9 Å². The van der Waals surface area contributed by atoms with Crippen LogP contribution < -0.4 is 11.5 Å². The first kappa shape index (κ1) is 25.8. The van der Waals surface area contributed by atoms with Gasteiger partial charge in [0.2, 0.25) is 0 Å². The lowest BCUT2D eigenvalue weighted by molar-refractivity contribution is 0.481. The van der Waals surface area contributed by atoms with E-state index in [1.54, 1.807) is 13.8 Å². The van der Waals surface area contributed by atoms with Gasteiger partial charge in [-0.3, -0.25) is 9.11 Å². The van der Waals surface area contributed by atoms with Crippen molar-refractivity contribution in [1.82, 2.24) is 0 Å². The van der Waals surface area contributed by atoms with Crippen LogP contribution in [0.3, 0.4) is 0 Å². The van der Waals surface area contributed by atoms with E-state index < -0.39 is 47.2 Å². The van der Waals surface area contributed by atoms with Crippen LogP contribution in [0.1, 0.15) is 11.1 Å². The van der Waals surface area contributed by atoms with Gasteiger partial charge in [0.25, 0.3) is 20.2 Å². The number of benzene rings is 3. The Morgan fingerprint density at radius 2 is 1.37 bits per heavy atom. The number of hydrogen-bond acceptors (Lipinski definition) is 10. The third kappa shape index (κ3) is 5.83. The molecule has 0 atom stereocenters. The number of rotatable bonds is 6. The highest BCUT2D eigenvalue weighted by atomic mass is 32.2. The van der Waals surface area contributed by atoms with Crippen molar-refractivity contribution in [1.29, 1.82) is 0 Å². The van der Waals surface area contributed by atoms with Gasteiger partial charge in [-0.1, -0.05) is 12.1 Å². The fraction of sp³-hybridized carbons (Fsp3) is 0.100. The van der Waals surface area contributed by atoms with Crippen molar-refractivity contribution in [3.8, 4) is 0 Å². The molecule has 0 aromatic heterocycles. The molecule has 15 heteroatoms. The third-order valence-corrected chi connectivity index (χ3v) is 6.45. The van der Waals surface area contributed by atoms with Crippen LogP contribution in [0, 0.1) is 19.7 Å². The Morgan fingerprint density at radius 3 is 1.97 bits per heavy atom. The van der Waals surface area contributed by atoms with Crippen LogP contribution in [-0.2, 0) is 20.2 Å². The van der Waals surface area contributed by atoms with E-state index in [-0.39, 0.29) is 22.7 Å². The van der Waals surface area contributed by atoms with E-state index in [1.165, 1.54) is 24.3 Å². The van der Waals surface area contributed by atoms with Crippen molar-refractivity contribution < 1.29 is 30.3 Å². The van der Waals surface area contributed by atoms with Crippen molar-refractivity contribution in [3.63, 3.8) is 0 Å². The van der Waals surface area contributed by atoms with Crippen LogP contribution in [0.5, 0.6) is 0 Å². The van der Waals surface area contributed by atoms with Crippen molar-refractivity contribution in [2.75, 3.05) is 11.5 Å². The molecule has 6 N–H and O–H groups in total. The average molecular weight is 523 g/mol. The number of nitrogens with two attached hydrogens (primary N) is 2. The molecule has 0 aliphatic rings. The first-order chi connectivity index (χ1) is 16.2. The molecule has 3 aromatic carbocycles. The monoisotopic (exact) mass is 522 g/mol. The summed E-state index contributed by atoms with van der Waals surface area (Å²) < 4.78 is 79.9. The fourth-order valence-electron chi connectivity index (χ4n) is 2.84. The summed E-state index contributed by atoms with van der Waals surface area (Å²) >= 11 is 0. The summed E-state index contributed by atoms with van der Waals surface area (Å²) in [7, 11) is -9.56.